The fourth-order valence-corrected chi connectivity index (χ4v) is 2.82. The van der Waals surface area contributed by atoms with Crippen LogP contribution in [0.25, 0.3) is 11.3 Å². The normalized spacial score (nSPS) is 10.4. The van der Waals surface area contributed by atoms with E-state index in [1.165, 1.54) is 0 Å². The average Bonchev–Trinajstić information content (AvgIpc) is 3.29. The van der Waals surface area contributed by atoms with Crippen molar-refractivity contribution in [3.63, 3.8) is 0 Å². The lowest BCUT2D eigenvalue weighted by atomic mass is 10.2. The zero-order valence-electron chi connectivity index (χ0n) is 13.5. The molecule has 8 nitrogen and oxygen atoms in total. The molecular weight excluding hydrogens is 340 g/mol. The van der Waals surface area contributed by atoms with E-state index in [-0.39, 0.29) is 6.54 Å². The second-order valence-electron chi connectivity index (χ2n) is 5.11. The summed E-state index contributed by atoms with van der Waals surface area (Å²) in [4.78, 5) is 23.9. The van der Waals surface area contributed by atoms with Gasteiger partial charge in [-0.2, -0.15) is 4.37 Å². The van der Waals surface area contributed by atoms with Crippen LogP contribution in [0.3, 0.4) is 0 Å². The van der Waals surface area contributed by atoms with Crippen molar-refractivity contribution in [2.75, 3.05) is 5.32 Å². The molecule has 9 heteroatoms. The number of nitrogens with zero attached hydrogens (tertiary/aromatic N) is 4. The number of anilines is 1. The second-order valence-corrected chi connectivity index (χ2v) is 5.92. The molecule has 3 rings (SSSR count). The van der Waals surface area contributed by atoms with E-state index >= 15 is 0 Å². The van der Waals surface area contributed by atoms with Gasteiger partial charge < -0.3 is 15.2 Å². The molecule has 1 aromatic carbocycles. The van der Waals surface area contributed by atoms with Gasteiger partial charge in [0.15, 0.2) is 5.82 Å². The summed E-state index contributed by atoms with van der Waals surface area (Å²) in [6.07, 6.45) is 1.57. The van der Waals surface area contributed by atoms with Crippen LogP contribution >= 0.6 is 11.5 Å². The Bertz CT molecular complexity index is 874. The zero-order chi connectivity index (χ0) is 17.6. The molecule has 25 heavy (non-hydrogen) atoms. The number of hydrogen-bond acceptors (Lipinski definition) is 6. The zero-order valence-corrected chi connectivity index (χ0v) is 14.3. The molecule has 2 N–H and O–H groups in total. The smallest absolute Gasteiger partial charge is 0.314 e. The fourth-order valence-electron chi connectivity index (χ4n) is 2.17. The van der Waals surface area contributed by atoms with Gasteiger partial charge in [-0.15, -0.1) is 10.2 Å². The number of carbonyl (C=O) groups excluding carboxylic acids is 2. The van der Waals surface area contributed by atoms with E-state index in [2.05, 4.69) is 25.2 Å². The molecule has 2 aromatic heterocycles. The third-order valence-corrected chi connectivity index (χ3v) is 4.17. The number of aromatic nitrogens is 4. The van der Waals surface area contributed by atoms with Gasteiger partial charge in [0.2, 0.25) is 0 Å². The number of hydrogen-bond donors (Lipinski definition) is 2. The molecule has 0 spiro atoms. The molecule has 0 unspecified atom stereocenters. The number of aryl methyl sites for hydroxylation is 1. The Hall–Kier alpha value is -3.07. The summed E-state index contributed by atoms with van der Waals surface area (Å²) in [6, 6.07) is 11.3. The van der Waals surface area contributed by atoms with Crippen molar-refractivity contribution >= 4 is 28.3 Å². The highest BCUT2D eigenvalue weighted by Gasteiger charge is 2.16. The molecule has 128 valence electrons. The van der Waals surface area contributed by atoms with Crippen LogP contribution in [-0.4, -0.2) is 31.0 Å². The van der Waals surface area contributed by atoms with Gasteiger partial charge >= 0.3 is 11.8 Å². The minimum Gasteiger partial charge on any atom is -0.341 e. The maximum atomic E-state index is 12.0. The summed E-state index contributed by atoms with van der Waals surface area (Å²) in [5, 5.41) is 13.3. The Labute approximate surface area is 148 Å². The number of nitrogens with one attached hydrogen (secondary N) is 2. The van der Waals surface area contributed by atoms with E-state index in [0.717, 1.165) is 22.8 Å². The van der Waals surface area contributed by atoms with Crippen molar-refractivity contribution in [1.29, 1.82) is 0 Å². The van der Waals surface area contributed by atoms with Gasteiger partial charge in [0.05, 0.1) is 12.2 Å². The van der Waals surface area contributed by atoms with E-state index in [9.17, 15) is 9.59 Å². The van der Waals surface area contributed by atoms with E-state index in [1.807, 2.05) is 37.3 Å². The summed E-state index contributed by atoms with van der Waals surface area (Å²) >= 11 is 1.12. The monoisotopic (exact) mass is 356 g/mol. The first-order valence-corrected chi connectivity index (χ1v) is 8.42. The summed E-state index contributed by atoms with van der Waals surface area (Å²) < 4.78 is 6.07. The molecule has 0 atom stereocenters. The SMILES string of the molecule is CCn1cnnc1CNC(=O)C(=O)Nc1cc(-c2ccccc2)ns1. The Kier molecular flexibility index (Phi) is 5.14. The molecule has 0 bridgehead atoms. The van der Waals surface area contributed by atoms with Gasteiger partial charge in [0.1, 0.15) is 11.3 Å². The van der Waals surface area contributed by atoms with Crippen LogP contribution < -0.4 is 10.6 Å². The Balaban J connectivity index is 1.57. The summed E-state index contributed by atoms with van der Waals surface area (Å²) in [5.41, 5.74) is 1.69. The van der Waals surface area contributed by atoms with Gasteiger partial charge in [-0.1, -0.05) is 30.3 Å². The van der Waals surface area contributed by atoms with Crippen LogP contribution in [0.4, 0.5) is 5.00 Å². The van der Waals surface area contributed by atoms with Crippen LogP contribution in [-0.2, 0) is 22.7 Å². The van der Waals surface area contributed by atoms with Gasteiger partial charge in [0.25, 0.3) is 0 Å². The number of benzene rings is 1. The lowest BCUT2D eigenvalue weighted by Crippen LogP contribution is -2.35. The molecule has 2 heterocycles. The van der Waals surface area contributed by atoms with Gasteiger partial charge in [-0.25, -0.2) is 0 Å². The number of rotatable bonds is 5. The largest absolute Gasteiger partial charge is 0.341 e. The van der Waals surface area contributed by atoms with E-state index in [1.54, 1.807) is 17.0 Å². The molecule has 0 saturated heterocycles. The minimum absolute atomic E-state index is 0.137. The van der Waals surface area contributed by atoms with Crippen molar-refractivity contribution in [2.24, 2.45) is 0 Å². The lowest BCUT2D eigenvalue weighted by Gasteiger charge is -2.05. The molecule has 0 saturated carbocycles. The summed E-state index contributed by atoms with van der Waals surface area (Å²) in [5.74, 6) is -0.890. The van der Waals surface area contributed by atoms with Crippen LogP contribution in [0.15, 0.2) is 42.7 Å². The molecule has 0 radical (unpaired) electrons. The first-order chi connectivity index (χ1) is 12.2. The topological polar surface area (TPSA) is 102 Å². The fraction of sp³-hybridized carbons (Fsp3) is 0.188. The third-order valence-electron chi connectivity index (χ3n) is 3.47. The highest BCUT2D eigenvalue weighted by atomic mass is 32.1. The van der Waals surface area contributed by atoms with Crippen LogP contribution in [0.2, 0.25) is 0 Å². The maximum absolute atomic E-state index is 12.0. The second kappa shape index (κ2) is 7.67. The van der Waals surface area contributed by atoms with E-state index in [0.29, 0.717) is 17.4 Å². The lowest BCUT2D eigenvalue weighted by molar-refractivity contribution is -0.136. The standard InChI is InChI=1S/C16H16N6O2S/c1-2-22-10-18-20-13(22)9-17-15(23)16(24)19-14-8-12(21-25-14)11-6-4-3-5-7-11/h3-8,10H,2,9H2,1H3,(H,17,23)(H,19,24). The van der Waals surface area contributed by atoms with Crippen molar-refractivity contribution in [2.45, 2.75) is 20.0 Å². The molecule has 0 aliphatic carbocycles. The Morgan fingerprint density at radius 3 is 2.76 bits per heavy atom. The van der Waals surface area contributed by atoms with Crippen LogP contribution in [0.1, 0.15) is 12.7 Å². The van der Waals surface area contributed by atoms with Gasteiger partial charge in [0, 0.05) is 18.2 Å². The quantitative estimate of drug-likeness (QED) is 0.677. The highest BCUT2D eigenvalue weighted by molar-refractivity contribution is 7.10. The number of amides is 2. The van der Waals surface area contributed by atoms with Crippen molar-refractivity contribution in [1.82, 2.24) is 24.5 Å². The predicted molar refractivity (Wildman–Crippen MR) is 93.7 cm³/mol. The van der Waals surface area contributed by atoms with E-state index in [4.69, 9.17) is 0 Å². The Morgan fingerprint density at radius 1 is 1.20 bits per heavy atom. The molecule has 0 fully saturated rings. The molecule has 0 aliphatic heterocycles. The van der Waals surface area contributed by atoms with E-state index < -0.39 is 11.8 Å². The summed E-state index contributed by atoms with van der Waals surface area (Å²) in [6.45, 7) is 2.76. The predicted octanol–water partition coefficient (Wildman–Crippen LogP) is 1.68. The Morgan fingerprint density at radius 2 is 2.00 bits per heavy atom. The van der Waals surface area contributed by atoms with Gasteiger partial charge in [-0.05, 0) is 18.5 Å². The van der Waals surface area contributed by atoms with Crippen molar-refractivity contribution < 1.29 is 9.59 Å². The number of carbonyl (C=O) groups is 2. The first kappa shape index (κ1) is 16.8. The van der Waals surface area contributed by atoms with Crippen molar-refractivity contribution in [3.05, 3.63) is 48.5 Å². The van der Waals surface area contributed by atoms with Crippen LogP contribution in [0, 0.1) is 0 Å². The maximum Gasteiger partial charge on any atom is 0.314 e. The molecule has 3 aromatic rings. The van der Waals surface area contributed by atoms with Crippen LogP contribution in [0.5, 0.6) is 0 Å². The van der Waals surface area contributed by atoms with Crippen molar-refractivity contribution in [3.8, 4) is 11.3 Å². The first-order valence-electron chi connectivity index (χ1n) is 7.65. The molecule has 2 amide bonds. The molecular formula is C16H16N6O2S. The summed E-state index contributed by atoms with van der Waals surface area (Å²) in [7, 11) is 0. The third kappa shape index (κ3) is 4.07. The van der Waals surface area contributed by atoms with Gasteiger partial charge in [-0.3, -0.25) is 9.59 Å². The average molecular weight is 356 g/mol. The molecule has 0 aliphatic rings. The minimum atomic E-state index is -0.745. The highest BCUT2D eigenvalue weighted by Crippen LogP contribution is 2.24.